The lowest BCUT2D eigenvalue weighted by Gasteiger charge is -2.26. The summed E-state index contributed by atoms with van der Waals surface area (Å²) in [4.78, 5) is 32.4. The van der Waals surface area contributed by atoms with Crippen LogP contribution in [0.15, 0.2) is 53.3 Å². The van der Waals surface area contributed by atoms with E-state index in [9.17, 15) is 32.3 Å². The Kier molecular flexibility index (Phi) is 6.20. The van der Waals surface area contributed by atoms with Crippen molar-refractivity contribution in [2.45, 2.75) is 25.8 Å². The van der Waals surface area contributed by atoms with Crippen molar-refractivity contribution in [3.8, 4) is 11.3 Å². The van der Waals surface area contributed by atoms with Crippen LogP contribution in [0.25, 0.3) is 16.9 Å². The van der Waals surface area contributed by atoms with Gasteiger partial charge in [-0.25, -0.2) is 31.7 Å². The molecule has 182 valence electrons. The van der Waals surface area contributed by atoms with Crippen molar-refractivity contribution in [1.82, 2.24) is 19.7 Å². The molecule has 3 N–H and O–H groups in total. The maximum absolute atomic E-state index is 14.5. The summed E-state index contributed by atoms with van der Waals surface area (Å²) in [5, 5.41) is 11.3. The number of imidazole rings is 1. The molecule has 1 amide bonds. The van der Waals surface area contributed by atoms with Crippen molar-refractivity contribution >= 4 is 11.6 Å². The number of carbonyl (C=O) groups excluding carboxylic acids is 1. The van der Waals surface area contributed by atoms with Crippen LogP contribution in [0.5, 0.6) is 0 Å². The van der Waals surface area contributed by atoms with Crippen molar-refractivity contribution < 1.29 is 27.5 Å². The number of nitrogens with zero attached hydrogens (tertiary/aromatic N) is 2. The lowest BCUT2D eigenvalue weighted by atomic mass is 10.0. The summed E-state index contributed by atoms with van der Waals surface area (Å²) >= 11 is 0. The number of hydrogen-bond donors (Lipinski definition) is 3. The number of nitrogens with one attached hydrogen (secondary N) is 2. The summed E-state index contributed by atoms with van der Waals surface area (Å²) in [6.07, 6.45) is 0. The quantitative estimate of drug-likeness (QED) is 0.361. The van der Waals surface area contributed by atoms with E-state index in [0.29, 0.717) is 11.1 Å². The Morgan fingerprint density at radius 3 is 2.46 bits per heavy atom. The van der Waals surface area contributed by atoms with Crippen LogP contribution >= 0.6 is 0 Å². The smallest absolute Gasteiger partial charge is 0.331 e. The molecular formula is C24H20F4N4O3. The van der Waals surface area contributed by atoms with Crippen LogP contribution in [-0.2, 0) is 0 Å². The van der Waals surface area contributed by atoms with Gasteiger partial charge >= 0.3 is 5.69 Å². The summed E-state index contributed by atoms with van der Waals surface area (Å²) in [6, 6.07) is 7.86. The molecule has 4 aromatic rings. The van der Waals surface area contributed by atoms with Gasteiger partial charge in [-0.1, -0.05) is 24.3 Å². The fourth-order valence-corrected chi connectivity index (χ4v) is 3.72. The van der Waals surface area contributed by atoms with Gasteiger partial charge in [0.1, 0.15) is 35.6 Å². The summed E-state index contributed by atoms with van der Waals surface area (Å²) in [5.74, 6) is -5.94. The van der Waals surface area contributed by atoms with Gasteiger partial charge in [-0.15, -0.1) is 0 Å². The molecule has 0 saturated carbocycles. The van der Waals surface area contributed by atoms with E-state index in [1.54, 1.807) is 19.1 Å². The van der Waals surface area contributed by atoms with E-state index in [1.807, 2.05) is 0 Å². The Bertz CT molecular complexity index is 1480. The Labute approximate surface area is 196 Å². The van der Waals surface area contributed by atoms with Gasteiger partial charge < -0.3 is 15.4 Å². The molecule has 1 atom stereocenters. The molecule has 0 saturated heterocycles. The fraction of sp³-hybridized carbons (Fsp3) is 0.208. The topological polar surface area (TPSA) is 99.5 Å². The Hall–Kier alpha value is -3.99. The number of benzene rings is 2. The first kappa shape index (κ1) is 24.1. The van der Waals surface area contributed by atoms with Gasteiger partial charge in [0.2, 0.25) is 0 Å². The van der Waals surface area contributed by atoms with E-state index in [-0.39, 0.29) is 28.3 Å². The highest BCUT2D eigenvalue weighted by molar-refractivity contribution is 5.94. The summed E-state index contributed by atoms with van der Waals surface area (Å²) in [7, 11) is 0. The maximum Gasteiger partial charge on any atom is 0.331 e. The van der Waals surface area contributed by atoms with Gasteiger partial charge in [-0.3, -0.25) is 4.79 Å². The molecule has 0 unspecified atom stereocenters. The highest BCUT2D eigenvalue weighted by Gasteiger charge is 2.41. The lowest BCUT2D eigenvalue weighted by molar-refractivity contribution is -0.0786. The minimum atomic E-state index is -3.78. The van der Waals surface area contributed by atoms with Gasteiger partial charge in [0.25, 0.3) is 11.8 Å². The number of fused-ring (bicyclic) bond motifs is 1. The van der Waals surface area contributed by atoms with E-state index in [1.165, 1.54) is 19.1 Å². The molecular weight excluding hydrogens is 468 g/mol. The molecule has 2 heterocycles. The van der Waals surface area contributed by atoms with Gasteiger partial charge in [-0.05, 0) is 43.2 Å². The van der Waals surface area contributed by atoms with Crippen LogP contribution in [0, 0.1) is 25.5 Å². The molecule has 4 rings (SSSR count). The van der Waals surface area contributed by atoms with Crippen molar-refractivity contribution in [1.29, 1.82) is 0 Å². The first-order valence-corrected chi connectivity index (χ1v) is 10.5. The number of aliphatic hydroxyl groups excluding tert-OH is 1. The molecule has 11 heteroatoms. The second kappa shape index (κ2) is 8.99. The third-order valence-electron chi connectivity index (χ3n) is 5.66. The third kappa shape index (κ3) is 4.54. The highest BCUT2D eigenvalue weighted by Crippen LogP contribution is 2.32. The highest BCUT2D eigenvalue weighted by atomic mass is 19.3. The van der Waals surface area contributed by atoms with Crippen LogP contribution in [0.2, 0.25) is 0 Å². The number of halogens is 4. The van der Waals surface area contributed by atoms with Crippen LogP contribution in [0.4, 0.5) is 17.6 Å². The first-order valence-electron chi connectivity index (χ1n) is 10.5. The lowest BCUT2D eigenvalue weighted by Crippen LogP contribution is -2.43. The number of aromatic amines is 1. The number of H-pyrrole nitrogens is 1. The number of carbonyl (C=O) groups is 1. The zero-order valence-corrected chi connectivity index (χ0v) is 18.6. The molecule has 2 aromatic heterocycles. The average Bonchev–Trinajstić information content (AvgIpc) is 3.16. The van der Waals surface area contributed by atoms with Crippen LogP contribution in [-0.4, -0.2) is 37.9 Å². The number of amides is 1. The Morgan fingerprint density at radius 1 is 1.14 bits per heavy atom. The molecule has 0 radical (unpaired) electrons. The van der Waals surface area contributed by atoms with E-state index in [0.717, 1.165) is 28.7 Å². The van der Waals surface area contributed by atoms with E-state index in [4.69, 9.17) is 0 Å². The number of aromatic nitrogens is 3. The fourth-order valence-electron chi connectivity index (χ4n) is 3.72. The minimum Gasteiger partial charge on any atom is -0.390 e. The molecule has 0 aliphatic heterocycles. The predicted octanol–water partition coefficient (Wildman–Crippen LogP) is 3.68. The number of hydrogen-bond acceptors (Lipinski definition) is 4. The molecule has 0 fully saturated rings. The second-order valence-electron chi connectivity index (χ2n) is 8.07. The van der Waals surface area contributed by atoms with Gasteiger partial charge in [0, 0.05) is 11.6 Å². The molecule has 0 aliphatic carbocycles. The van der Waals surface area contributed by atoms with E-state index >= 15 is 0 Å². The predicted molar refractivity (Wildman–Crippen MR) is 119 cm³/mol. The van der Waals surface area contributed by atoms with Crippen molar-refractivity contribution in [2.24, 2.45) is 0 Å². The molecule has 0 aliphatic rings. The van der Waals surface area contributed by atoms with Crippen molar-refractivity contribution in [2.75, 3.05) is 6.61 Å². The number of rotatable bonds is 6. The summed E-state index contributed by atoms with van der Waals surface area (Å²) in [5.41, 5.74) is 0.0460. The van der Waals surface area contributed by atoms with Crippen molar-refractivity contribution in [3.63, 3.8) is 0 Å². The Balaban J connectivity index is 1.74. The third-order valence-corrected chi connectivity index (χ3v) is 5.66. The summed E-state index contributed by atoms with van der Waals surface area (Å²) in [6.45, 7) is 1.43. The second-order valence-corrected chi connectivity index (χ2v) is 8.07. The summed E-state index contributed by atoms with van der Waals surface area (Å²) < 4.78 is 57.3. The number of aliphatic hydroxyl groups is 1. The molecule has 7 nitrogen and oxygen atoms in total. The van der Waals surface area contributed by atoms with E-state index < -0.39 is 41.8 Å². The molecule has 35 heavy (non-hydrogen) atoms. The van der Waals surface area contributed by atoms with Gasteiger partial charge in [0.15, 0.2) is 0 Å². The monoisotopic (exact) mass is 488 g/mol. The standard InChI is InChI=1S/C24H20F4N4O3/c1-12-3-4-15(9-17(12)26)18-10-19-30-20(13(2)32(19)23(35)29-18)22(34)31-21(24(27,28)11-33)14-5-7-16(25)8-6-14/h3-10,21,33H,11H2,1-2H3,(H,29,35)(H,31,34)/t21-/m0/s1. The zero-order valence-electron chi connectivity index (χ0n) is 18.6. The SMILES string of the molecule is Cc1ccc(-c2cc3nc(C(=O)N[C@@H](c4ccc(F)cc4)C(F)(F)CO)c(C)n3c(=O)[nH]2)cc1F. The minimum absolute atomic E-state index is 0.0413. The van der Waals surface area contributed by atoms with Crippen LogP contribution in [0.1, 0.15) is 33.4 Å². The van der Waals surface area contributed by atoms with Crippen molar-refractivity contribution in [3.05, 3.63) is 93.2 Å². The van der Waals surface area contributed by atoms with Crippen LogP contribution < -0.4 is 11.0 Å². The molecule has 0 spiro atoms. The van der Waals surface area contributed by atoms with Gasteiger partial charge in [-0.2, -0.15) is 0 Å². The largest absolute Gasteiger partial charge is 0.390 e. The number of alkyl halides is 2. The van der Waals surface area contributed by atoms with Gasteiger partial charge in [0.05, 0.1) is 11.4 Å². The number of aryl methyl sites for hydroxylation is 2. The Morgan fingerprint density at radius 2 is 1.83 bits per heavy atom. The zero-order chi connectivity index (χ0) is 25.5. The first-order chi connectivity index (χ1) is 16.5. The van der Waals surface area contributed by atoms with Crippen LogP contribution in [0.3, 0.4) is 0 Å². The molecule has 2 aromatic carbocycles. The maximum atomic E-state index is 14.5. The molecule has 0 bridgehead atoms. The normalized spacial score (nSPS) is 12.7. The van der Waals surface area contributed by atoms with E-state index in [2.05, 4.69) is 15.3 Å². The average molecular weight is 488 g/mol.